The first-order chi connectivity index (χ1) is 8.70. The second-order valence-electron chi connectivity index (χ2n) is 5.67. The van der Waals surface area contributed by atoms with Crippen molar-refractivity contribution >= 4 is 5.69 Å². The molecule has 0 radical (unpaired) electrons. The second-order valence-corrected chi connectivity index (χ2v) is 5.67. The molecule has 3 nitrogen and oxygen atoms in total. The molecule has 0 aliphatic carbocycles. The van der Waals surface area contributed by atoms with Crippen LogP contribution in [0.5, 0.6) is 0 Å². The summed E-state index contributed by atoms with van der Waals surface area (Å²) in [6.45, 7) is 8.87. The van der Waals surface area contributed by atoms with Crippen molar-refractivity contribution in [2.75, 3.05) is 18.0 Å². The van der Waals surface area contributed by atoms with E-state index in [0.29, 0.717) is 5.92 Å². The van der Waals surface area contributed by atoms with Crippen LogP contribution in [0.25, 0.3) is 0 Å². The Morgan fingerprint density at radius 3 is 2.33 bits per heavy atom. The first-order valence-electron chi connectivity index (χ1n) is 7.27. The molecule has 1 saturated heterocycles. The first kappa shape index (κ1) is 13.3. The van der Waals surface area contributed by atoms with Gasteiger partial charge >= 0.3 is 0 Å². The minimum atomic E-state index is 0.411. The van der Waals surface area contributed by atoms with Crippen molar-refractivity contribution in [3.63, 3.8) is 0 Å². The summed E-state index contributed by atoms with van der Waals surface area (Å²) < 4.78 is 0. The Labute approximate surface area is 111 Å². The molecule has 0 N–H and O–H groups in total. The van der Waals surface area contributed by atoms with E-state index >= 15 is 0 Å². The molecular weight excluding hydrogens is 222 g/mol. The predicted molar refractivity (Wildman–Crippen MR) is 76.0 cm³/mol. The lowest BCUT2D eigenvalue weighted by molar-refractivity contribution is 0.378. The van der Waals surface area contributed by atoms with E-state index in [1.54, 1.807) is 0 Å². The topological polar surface area (TPSA) is 29.0 Å². The lowest BCUT2D eigenvalue weighted by Gasteiger charge is -2.33. The lowest BCUT2D eigenvalue weighted by Crippen LogP contribution is -2.33. The molecule has 0 saturated carbocycles. The Morgan fingerprint density at radius 2 is 1.83 bits per heavy atom. The Bertz CT molecular complexity index is 351. The average molecular weight is 247 g/mol. The van der Waals surface area contributed by atoms with E-state index in [4.69, 9.17) is 0 Å². The van der Waals surface area contributed by atoms with Crippen LogP contribution in [0.2, 0.25) is 0 Å². The van der Waals surface area contributed by atoms with Gasteiger partial charge in [-0.05, 0) is 18.8 Å². The molecule has 0 amide bonds. The van der Waals surface area contributed by atoms with Crippen LogP contribution in [0.15, 0.2) is 12.4 Å². The Morgan fingerprint density at radius 1 is 1.22 bits per heavy atom. The summed E-state index contributed by atoms with van der Waals surface area (Å²) in [5.41, 5.74) is 1.19. The van der Waals surface area contributed by atoms with E-state index in [-0.39, 0.29) is 0 Å². The van der Waals surface area contributed by atoms with Gasteiger partial charge < -0.3 is 4.90 Å². The molecule has 1 aliphatic rings. The van der Waals surface area contributed by atoms with Gasteiger partial charge in [-0.25, -0.2) is 9.97 Å². The number of piperidine rings is 1. The summed E-state index contributed by atoms with van der Waals surface area (Å²) in [6.07, 6.45) is 9.32. The number of aromatic nitrogens is 2. The highest BCUT2D eigenvalue weighted by Crippen LogP contribution is 2.25. The molecule has 1 aliphatic heterocycles. The summed E-state index contributed by atoms with van der Waals surface area (Å²) in [4.78, 5) is 11.3. The normalized spacial score (nSPS) is 17.4. The van der Waals surface area contributed by atoms with E-state index in [9.17, 15) is 0 Å². The van der Waals surface area contributed by atoms with Crippen molar-refractivity contribution in [2.45, 2.75) is 52.4 Å². The van der Waals surface area contributed by atoms with Gasteiger partial charge in [0.05, 0.1) is 18.1 Å². The predicted octanol–water partition coefficient (Wildman–Crippen LogP) is 3.62. The van der Waals surface area contributed by atoms with Gasteiger partial charge in [-0.3, -0.25) is 0 Å². The monoisotopic (exact) mass is 247 g/mol. The molecule has 0 aromatic carbocycles. The molecule has 1 fully saturated rings. The maximum atomic E-state index is 4.46. The van der Waals surface area contributed by atoms with E-state index < -0.39 is 0 Å². The minimum absolute atomic E-state index is 0.411. The van der Waals surface area contributed by atoms with Crippen molar-refractivity contribution in [1.29, 1.82) is 0 Å². The van der Waals surface area contributed by atoms with Gasteiger partial charge in [0.1, 0.15) is 5.82 Å². The van der Waals surface area contributed by atoms with Crippen molar-refractivity contribution < 1.29 is 0 Å². The largest absolute Gasteiger partial charge is 0.369 e. The zero-order chi connectivity index (χ0) is 13.0. The Balaban J connectivity index is 1.93. The van der Waals surface area contributed by atoms with Crippen LogP contribution in [0.1, 0.15) is 58.2 Å². The SMILES string of the molecule is CCCC1CCN(c2cnc(C(C)C)nc2)CC1. The first-order valence-corrected chi connectivity index (χ1v) is 7.27. The van der Waals surface area contributed by atoms with Crippen molar-refractivity contribution in [1.82, 2.24) is 9.97 Å². The maximum Gasteiger partial charge on any atom is 0.130 e. The fraction of sp³-hybridized carbons (Fsp3) is 0.733. The maximum absolute atomic E-state index is 4.46. The van der Waals surface area contributed by atoms with Gasteiger partial charge in [-0.1, -0.05) is 33.6 Å². The van der Waals surface area contributed by atoms with Crippen LogP contribution in [0.4, 0.5) is 5.69 Å². The highest BCUT2D eigenvalue weighted by atomic mass is 15.1. The molecule has 18 heavy (non-hydrogen) atoms. The third-order valence-corrected chi connectivity index (χ3v) is 3.85. The van der Waals surface area contributed by atoms with E-state index in [1.807, 2.05) is 12.4 Å². The molecular formula is C15H25N3. The molecule has 0 bridgehead atoms. The summed E-state index contributed by atoms with van der Waals surface area (Å²) in [5.74, 6) is 2.29. The zero-order valence-electron chi connectivity index (χ0n) is 11.9. The molecule has 0 spiro atoms. The van der Waals surface area contributed by atoms with Gasteiger partial charge in [-0.2, -0.15) is 0 Å². The highest BCUT2D eigenvalue weighted by Gasteiger charge is 2.19. The summed E-state index contributed by atoms with van der Waals surface area (Å²) in [6, 6.07) is 0. The summed E-state index contributed by atoms with van der Waals surface area (Å²) in [5, 5.41) is 0. The molecule has 1 aromatic heterocycles. The third kappa shape index (κ3) is 3.21. The van der Waals surface area contributed by atoms with Gasteiger partial charge in [0, 0.05) is 19.0 Å². The van der Waals surface area contributed by atoms with Crippen LogP contribution in [0, 0.1) is 5.92 Å². The molecule has 2 heterocycles. The molecule has 0 unspecified atom stereocenters. The second kappa shape index (κ2) is 6.17. The van der Waals surface area contributed by atoms with E-state index in [1.165, 1.54) is 31.4 Å². The summed E-state index contributed by atoms with van der Waals surface area (Å²) >= 11 is 0. The quantitative estimate of drug-likeness (QED) is 0.813. The van der Waals surface area contributed by atoms with Crippen molar-refractivity contribution in [3.05, 3.63) is 18.2 Å². The van der Waals surface area contributed by atoms with Crippen LogP contribution in [-0.2, 0) is 0 Å². The Kier molecular flexibility index (Phi) is 4.56. The fourth-order valence-electron chi connectivity index (χ4n) is 2.68. The highest BCUT2D eigenvalue weighted by molar-refractivity contribution is 5.42. The van der Waals surface area contributed by atoms with E-state index in [2.05, 4.69) is 35.6 Å². The van der Waals surface area contributed by atoms with Crippen molar-refractivity contribution in [2.24, 2.45) is 5.92 Å². The standard InChI is InChI=1S/C15H25N3/c1-4-5-13-6-8-18(9-7-13)14-10-16-15(12(2)3)17-11-14/h10-13H,4-9H2,1-3H3. The van der Waals surface area contributed by atoms with Crippen LogP contribution in [-0.4, -0.2) is 23.1 Å². The number of anilines is 1. The number of hydrogen-bond acceptors (Lipinski definition) is 3. The lowest BCUT2D eigenvalue weighted by atomic mass is 9.92. The third-order valence-electron chi connectivity index (χ3n) is 3.85. The summed E-state index contributed by atoms with van der Waals surface area (Å²) in [7, 11) is 0. The minimum Gasteiger partial charge on any atom is -0.369 e. The van der Waals surface area contributed by atoms with E-state index in [0.717, 1.165) is 24.8 Å². The molecule has 2 rings (SSSR count). The number of rotatable bonds is 4. The van der Waals surface area contributed by atoms with Gasteiger partial charge in [0.25, 0.3) is 0 Å². The number of nitrogens with zero attached hydrogens (tertiary/aromatic N) is 3. The molecule has 1 aromatic rings. The van der Waals surface area contributed by atoms with Crippen molar-refractivity contribution in [3.8, 4) is 0 Å². The molecule has 3 heteroatoms. The number of hydrogen-bond donors (Lipinski definition) is 0. The van der Waals surface area contributed by atoms with Crippen LogP contribution in [0.3, 0.4) is 0 Å². The zero-order valence-corrected chi connectivity index (χ0v) is 11.9. The van der Waals surface area contributed by atoms with Gasteiger partial charge in [-0.15, -0.1) is 0 Å². The molecule has 0 atom stereocenters. The Hall–Kier alpha value is -1.12. The van der Waals surface area contributed by atoms with Crippen LogP contribution < -0.4 is 4.90 Å². The molecule has 100 valence electrons. The fourth-order valence-corrected chi connectivity index (χ4v) is 2.68. The smallest absolute Gasteiger partial charge is 0.130 e. The average Bonchev–Trinajstić information content (AvgIpc) is 2.40. The van der Waals surface area contributed by atoms with Gasteiger partial charge in [0.15, 0.2) is 0 Å². The van der Waals surface area contributed by atoms with Gasteiger partial charge in [0.2, 0.25) is 0 Å². The van der Waals surface area contributed by atoms with Crippen LogP contribution >= 0.6 is 0 Å².